The van der Waals surface area contributed by atoms with Crippen molar-refractivity contribution in [1.29, 1.82) is 0 Å². The van der Waals surface area contributed by atoms with E-state index in [-0.39, 0.29) is 44.0 Å². The van der Waals surface area contributed by atoms with Crippen molar-refractivity contribution in [3.63, 3.8) is 0 Å². The highest BCUT2D eigenvalue weighted by molar-refractivity contribution is 5.71. The van der Waals surface area contributed by atoms with Gasteiger partial charge < -0.3 is 14.2 Å². The number of ether oxygens (including phenoxy) is 3. The second kappa shape index (κ2) is 69.0. The maximum absolute atomic E-state index is 12.9. The summed E-state index contributed by atoms with van der Waals surface area (Å²) >= 11 is 0. The van der Waals surface area contributed by atoms with E-state index in [2.05, 4.69) is 203 Å². The van der Waals surface area contributed by atoms with Gasteiger partial charge in [0.15, 0.2) is 6.10 Å². The topological polar surface area (TPSA) is 78.9 Å². The van der Waals surface area contributed by atoms with Crippen molar-refractivity contribution in [3.05, 3.63) is 182 Å². The summed E-state index contributed by atoms with van der Waals surface area (Å²) in [7, 11) is 0. The van der Waals surface area contributed by atoms with Crippen molar-refractivity contribution in [3.8, 4) is 0 Å². The zero-order valence-electron chi connectivity index (χ0n) is 53.1. The summed E-state index contributed by atoms with van der Waals surface area (Å²) in [5.74, 6) is -1.02. The quantitative estimate of drug-likeness (QED) is 0.0261. The molecule has 0 fully saturated rings. The van der Waals surface area contributed by atoms with Gasteiger partial charge in [-0.2, -0.15) is 0 Å². The van der Waals surface area contributed by atoms with Crippen LogP contribution in [0.5, 0.6) is 0 Å². The van der Waals surface area contributed by atoms with Crippen LogP contribution in [0.2, 0.25) is 0 Å². The van der Waals surface area contributed by atoms with Crippen LogP contribution in [-0.2, 0) is 28.6 Å². The van der Waals surface area contributed by atoms with Crippen molar-refractivity contribution in [2.45, 2.75) is 271 Å². The summed E-state index contributed by atoms with van der Waals surface area (Å²) in [6.07, 6.45) is 103. The first kappa shape index (κ1) is 77.5. The van der Waals surface area contributed by atoms with Crippen molar-refractivity contribution < 1.29 is 28.6 Å². The highest BCUT2D eigenvalue weighted by atomic mass is 16.6. The van der Waals surface area contributed by atoms with Crippen LogP contribution in [0.3, 0.4) is 0 Å². The maximum Gasteiger partial charge on any atom is 0.306 e. The Labute approximate surface area is 510 Å². The third-order valence-electron chi connectivity index (χ3n) is 13.4. The molecule has 0 N–H and O–H groups in total. The molecule has 0 aromatic carbocycles. The molecule has 83 heavy (non-hydrogen) atoms. The number of rotatable bonds is 58. The van der Waals surface area contributed by atoms with Gasteiger partial charge >= 0.3 is 17.9 Å². The van der Waals surface area contributed by atoms with Crippen molar-refractivity contribution in [2.24, 2.45) is 0 Å². The first-order chi connectivity index (χ1) is 41.0. The average molecular weight is 1140 g/mol. The fourth-order valence-electron chi connectivity index (χ4n) is 8.46. The lowest BCUT2D eigenvalue weighted by atomic mass is 10.1. The number of carbonyl (C=O) groups excluding carboxylic acids is 3. The molecule has 6 heteroatoms. The molecule has 0 heterocycles. The summed E-state index contributed by atoms with van der Waals surface area (Å²) in [6.45, 7) is 6.32. The largest absolute Gasteiger partial charge is 0.462 e. The minimum Gasteiger partial charge on any atom is -0.462 e. The number of unbranched alkanes of at least 4 members (excludes halogenated alkanes) is 17. The van der Waals surface area contributed by atoms with Gasteiger partial charge in [-0.05, 0) is 154 Å². The van der Waals surface area contributed by atoms with Gasteiger partial charge in [-0.15, -0.1) is 0 Å². The molecule has 0 rings (SSSR count). The van der Waals surface area contributed by atoms with E-state index in [1.165, 1.54) is 51.4 Å². The molecular formula is C77H120O6. The second-order valence-electron chi connectivity index (χ2n) is 21.3. The fraction of sp³-hybridized carbons (Fsp3) is 0.571. The summed E-state index contributed by atoms with van der Waals surface area (Å²) < 4.78 is 16.9. The zero-order valence-corrected chi connectivity index (χ0v) is 53.1. The molecule has 6 nitrogen and oxygen atoms in total. The van der Waals surface area contributed by atoms with Gasteiger partial charge in [-0.25, -0.2) is 0 Å². The first-order valence-corrected chi connectivity index (χ1v) is 33.3. The standard InChI is InChI=1S/C77H120O6/c1-4-7-10-13-16-19-22-25-28-31-34-37-38-41-43-46-49-52-55-58-61-64-67-70-76(79)82-73-74(83-77(80)71-68-65-62-59-56-53-50-47-44-40-36-33-30-27-24-21-18-15-12-9-6-3)72-81-75(78)69-66-63-60-57-54-51-48-45-42-39-35-32-29-26-23-20-17-14-11-8-5-2/h7,9-10,12,16,18-19,21,23,25-28,30,32,34-37,40-43,45,47,49-50,52,58,61,74H,4-6,8,11,13-15,17,20,22,24,29,31,33,38-39,44,46,48,51,53-57,59-60,62-73H2,1-3H3/b10-7-,12-9-,19-16-,21-18-,26-23-,28-25-,30-27-,35-32-,37-34-,40-36-,43-41-,45-42-,50-47-,52-49-,61-58-. The minimum atomic E-state index is -0.831. The smallest absolute Gasteiger partial charge is 0.306 e. The van der Waals surface area contributed by atoms with E-state index in [9.17, 15) is 14.4 Å². The Morgan fingerprint density at radius 1 is 0.253 bits per heavy atom. The predicted molar refractivity (Wildman–Crippen MR) is 361 cm³/mol. The molecule has 464 valence electrons. The molecule has 1 unspecified atom stereocenters. The summed E-state index contributed by atoms with van der Waals surface area (Å²) in [4.78, 5) is 38.4. The van der Waals surface area contributed by atoms with Gasteiger partial charge in [0, 0.05) is 19.3 Å². The van der Waals surface area contributed by atoms with Crippen LogP contribution >= 0.6 is 0 Å². The number of esters is 3. The van der Waals surface area contributed by atoms with Crippen LogP contribution in [0.4, 0.5) is 0 Å². The lowest BCUT2D eigenvalue weighted by molar-refractivity contribution is -0.167. The molecule has 0 radical (unpaired) electrons. The van der Waals surface area contributed by atoms with Gasteiger partial charge in [-0.1, -0.05) is 274 Å². The average Bonchev–Trinajstić information content (AvgIpc) is 3.49. The van der Waals surface area contributed by atoms with Gasteiger partial charge in [0.05, 0.1) is 0 Å². The van der Waals surface area contributed by atoms with Crippen molar-refractivity contribution >= 4 is 17.9 Å². The van der Waals surface area contributed by atoms with E-state index in [1.54, 1.807) is 0 Å². The Balaban J connectivity index is 4.60. The third kappa shape index (κ3) is 67.2. The Morgan fingerprint density at radius 2 is 0.482 bits per heavy atom. The number of hydrogen-bond acceptors (Lipinski definition) is 6. The Morgan fingerprint density at radius 3 is 0.783 bits per heavy atom. The van der Waals surface area contributed by atoms with Crippen LogP contribution in [0.1, 0.15) is 265 Å². The zero-order chi connectivity index (χ0) is 59.9. The van der Waals surface area contributed by atoms with Crippen LogP contribution in [-0.4, -0.2) is 37.2 Å². The predicted octanol–water partition coefficient (Wildman–Crippen LogP) is 23.2. The van der Waals surface area contributed by atoms with E-state index in [4.69, 9.17) is 14.2 Å². The lowest BCUT2D eigenvalue weighted by Crippen LogP contribution is -2.30. The van der Waals surface area contributed by atoms with E-state index in [1.807, 2.05) is 0 Å². The molecule has 0 bridgehead atoms. The summed E-state index contributed by atoms with van der Waals surface area (Å²) in [5, 5.41) is 0. The number of hydrogen-bond donors (Lipinski definition) is 0. The van der Waals surface area contributed by atoms with Crippen LogP contribution in [0.25, 0.3) is 0 Å². The molecule has 0 amide bonds. The second-order valence-corrected chi connectivity index (χ2v) is 21.3. The summed E-state index contributed by atoms with van der Waals surface area (Å²) in [6, 6.07) is 0. The van der Waals surface area contributed by atoms with Crippen LogP contribution in [0, 0.1) is 0 Å². The van der Waals surface area contributed by atoms with Crippen molar-refractivity contribution in [2.75, 3.05) is 13.2 Å². The molecule has 0 aliphatic carbocycles. The Bertz CT molecular complexity index is 1940. The molecule has 0 spiro atoms. The molecule has 0 aromatic heterocycles. The number of carbonyl (C=O) groups is 3. The van der Waals surface area contributed by atoms with Crippen LogP contribution in [0.15, 0.2) is 182 Å². The van der Waals surface area contributed by atoms with E-state index >= 15 is 0 Å². The SMILES string of the molecule is CC/C=C\C/C=C\C/C=C\C/C=C\C/C=C\C/C=C\C/C=C\CCCC(=O)OCC(COC(=O)CCCCCCCC/C=C\C/C=C\C/C=C\CCCCCCC)OC(=O)CCCCCCC/C=C\C/C=C\C/C=C\C/C=C\C/C=C\CC. The fourth-order valence-corrected chi connectivity index (χ4v) is 8.46. The molecule has 0 aromatic rings. The number of allylic oxidation sites excluding steroid dienone is 30. The maximum atomic E-state index is 12.9. The molecular weight excluding hydrogens is 1020 g/mol. The monoisotopic (exact) mass is 1140 g/mol. The van der Waals surface area contributed by atoms with Gasteiger partial charge in [0.2, 0.25) is 0 Å². The normalized spacial score (nSPS) is 13.3. The Hall–Kier alpha value is -5.49. The van der Waals surface area contributed by atoms with Crippen molar-refractivity contribution in [1.82, 2.24) is 0 Å². The minimum absolute atomic E-state index is 0.120. The van der Waals surface area contributed by atoms with Gasteiger partial charge in [0.1, 0.15) is 13.2 Å². The molecule has 0 saturated carbocycles. The summed E-state index contributed by atoms with van der Waals surface area (Å²) in [5.41, 5.74) is 0. The van der Waals surface area contributed by atoms with E-state index in [0.717, 1.165) is 167 Å². The van der Waals surface area contributed by atoms with Crippen LogP contribution < -0.4 is 0 Å². The molecule has 0 aliphatic heterocycles. The third-order valence-corrected chi connectivity index (χ3v) is 13.4. The van der Waals surface area contributed by atoms with E-state index < -0.39 is 6.10 Å². The molecule has 1 atom stereocenters. The highest BCUT2D eigenvalue weighted by Crippen LogP contribution is 2.13. The highest BCUT2D eigenvalue weighted by Gasteiger charge is 2.19. The van der Waals surface area contributed by atoms with Gasteiger partial charge in [-0.3, -0.25) is 14.4 Å². The van der Waals surface area contributed by atoms with Gasteiger partial charge in [0.25, 0.3) is 0 Å². The Kier molecular flexibility index (Phi) is 64.4. The molecule has 0 aliphatic rings. The van der Waals surface area contributed by atoms with E-state index in [0.29, 0.717) is 12.8 Å². The molecule has 0 saturated heterocycles. The lowest BCUT2D eigenvalue weighted by Gasteiger charge is -2.18. The first-order valence-electron chi connectivity index (χ1n) is 33.3.